The first-order valence-corrected chi connectivity index (χ1v) is 6.49. The molecule has 0 aromatic carbocycles. The second-order valence-electron chi connectivity index (χ2n) is 5.50. The molecule has 0 aliphatic carbocycles. The van der Waals surface area contributed by atoms with E-state index in [0.29, 0.717) is 25.6 Å². The minimum atomic E-state index is -0.685. The summed E-state index contributed by atoms with van der Waals surface area (Å²) in [6, 6.07) is 5.13. The van der Waals surface area contributed by atoms with Crippen molar-refractivity contribution in [1.82, 2.24) is 9.88 Å². The largest absolute Gasteiger partial charge is 0.389 e. The van der Waals surface area contributed by atoms with Crippen molar-refractivity contribution in [1.29, 1.82) is 0 Å². The van der Waals surface area contributed by atoms with E-state index in [1.807, 2.05) is 13.0 Å². The van der Waals surface area contributed by atoms with E-state index in [2.05, 4.69) is 19.2 Å². The summed E-state index contributed by atoms with van der Waals surface area (Å²) in [4.78, 5) is 11.4. The monoisotopic (exact) mass is 252 g/mol. The minimum Gasteiger partial charge on any atom is -0.389 e. The van der Waals surface area contributed by atoms with Crippen LogP contribution in [0.15, 0.2) is 29.2 Å². The van der Waals surface area contributed by atoms with Crippen molar-refractivity contribution in [3.63, 3.8) is 0 Å². The molecule has 0 amide bonds. The van der Waals surface area contributed by atoms with Gasteiger partial charge in [-0.15, -0.1) is 0 Å². The average Bonchev–Trinajstić information content (AvgIpc) is 2.25. The highest BCUT2D eigenvalue weighted by Crippen LogP contribution is 2.14. The highest BCUT2D eigenvalue weighted by atomic mass is 16.3. The number of nitrogens with zero attached hydrogens (tertiary/aromatic N) is 1. The third-order valence-corrected chi connectivity index (χ3v) is 2.78. The highest BCUT2D eigenvalue weighted by Gasteiger charge is 2.20. The molecule has 2 N–H and O–H groups in total. The van der Waals surface area contributed by atoms with Gasteiger partial charge in [0.1, 0.15) is 0 Å². The van der Waals surface area contributed by atoms with Crippen molar-refractivity contribution >= 4 is 0 Å². The van der Waals surface area contributed by atoms with Gasteiger partial charge in [-0.05, 0) is 25.3 Å². The fourth-order valence-electron chi connectivity index (χ4n) is 2.15. The Hall–Kier alpha value is -1.13. The number of hydrogen-bond donors (Lipinski definition) is 2. The summed E-state index contributed by atoms with van der Waals surface area (Å²) in [5.41, 5.74) is -0.677. The van der Waals surface area contributed by atoms with Crippen molar-refractivity contribution in [3.8, 4) is 0 Å². The Bertz CT molecular complexity index is 410. The van der Waals surface area contributed by atoms with E-state index >= 15 is 0 Å². The predicted molar refractivity (Wildman–Crippen MR) is 73.7 cm³/mol. The van der Waals surface area contributed by atoms with Gasteiger partial charge in [0.15, 0.2) is 0 Å². The molecule has 0 radical (unpaired) electrons. The first kappa shape index (κ1) is 14.9. The van der Waals surface area contributed by atoms with Crippen LogP contribution in [-0.4, -0.2) is 28.4 Å². The van der Waals surface area contributed by atoms with E-state index in [-0.39, 0.29) is 5.56 Å². The van der Waals surface area contributed by atoms with Crippen LogP contribution in [0.3, 0.4) is 0 Å². The molecule has 4 nitrogen and oxygen atoms in total. The Morgan fingerprint density at radius 3 is 2.78 bits per heavy atom. The normalized spacial score (nSPS) is 14.7. The van der Waals surface area contributed by atoms with Crippen LogP contribution < -0.4 is 10.9 Å². The van der Waals surface area contributed by atoms with E-state index in [0.717, 1.165) is 6.42 Å². The molecule has 0 saturated heterocycles. The molecule has 1 atom stereocenters. The summed E-state index contributed by atoms with van der Waals surface area (Å²) < 4.78 is 1.66. The van der Waals surface area contributed by atoms with Crippen molar-refractivity contribution in [2.75, 3.05) is 13.1 Å². The van der Waals surface area contributed by atoms with Gasteiger partial charge in [-0.3, -0.25) is 4.79 Å². The van der Waals surface area contributed by atoms with Gasteiger partial charge in [-0.2, -0.15) is 0 Å². The van der Waals surface area contributed by atoms with Gasteiger partial charge < -0.3 is 15.0 Å². The zero-order chi connectivity index (χ0) is 13.6. The SMILES string of the molecule is CC(C)CC(C)(O)CNCCn1ccccc1=O. The Balaban J connectivity index is 2.31. The Kier molecular flexibility index (Phi) is 5.56. The predicted octanol–water partition coefficient (Wildman–Crippen LogP) is 1.23. The number of rotatable bonds is 7. The molecule has 0 fully saturated rings. The lowest BCUT2D eigenvalue weighted by Crippen LogP contribution is -2.40. The van der Waals surface area contributed by atoms with E-state index < -0.39 is 5.60 Å². The molecular formula is C14H24N2O2. The second-order valence-corrected chi connectivity index (χ2v) is 5.50. The molecule has 18 heavy (non-hydrogen) atoms. The minimum absolute atomic E-state index is 0.00763. The van der Waals surface area contributed by atoms with E-state index in [4.69, 9.17) is 0 Å². The Labute approximate surface area is 109 Å². The summed E-state index contributed by atoms with van der Waals surface area (Å²) >= 11 is 0. The van der Waals surface area contributed by atoms with Crippen LogP contribution in [0.1, 0.15) is 27.2 Å². The van der Waals surface area contributed by atoms with Crippen LogP contribution in [0.4, 0.5) is 0 Å². The molecule has 0 aliphatic heterocycles. The topological polar surface area (TPSA) is 54.3 Å². The molecule has 1 rings (SSSR count). The molecule has 1 aromatic rings. The fraction of sp³-hybridized carbons (Fsp3) is 0.643. The lowest BCUT2D eigenvalue weighted by Gasteiger charge is -2.25. The van der Waals surface area contributed by atoms with Gasteiger partial charge in [0, 0.05) is 31.9 Å². The first-order chi connectivity index (χ1) is 8.41. The van der Waals surface area contributed by atoms with E-state index in [1.54, 1.807) is 22.9 Å². The molecule has 0 spiro atoms. The maximum Gasteiger partial charge on any atom is 0.250 e. The molecule has 1 heterocycles. The number of pyridine rings is 1. The maximum atomic E-state index is 11.4. The molecule has 1 unspecified atom stereocenters. The molecule has 1 aromatic heterocycles. The number of aliphatic hydroxyl groups is 1. The van der Waals surface area contributed by atoms with Crippen LogP contribution in [0.5, 0.6) is 0 Å². The van der Waals surface area contributed by atoms with E-state index in [9.17, 15) is 9.90 Å². The summed E-state index contributed by atoms with van der Waals surface area (Å²) in [6.45, 7) is 7.88. The van der Waals surface area contributed by atoms with Crippen molar-refractivity contribution in [2.45, 2.75) is 39.3 Å². The second kappa shape index (κ2) is 6.71. The number of aromatic nitrogens is 1. The number of nitrogens with one attached hydrogen (secondary N) is 1. The summed E-state index contributed by atoms with van der Waals surface area (Å²) in [7, 11) is 0. The smallest absolute Gasteiger partial charge is 0.250 e. The Morgan fingerprint density at radius 2 is 2.17 bits per heavy atom. The van der Waals surface area contributed by atoms with E-state index in [1.165, 1.54) is 0 Å². The van der Waals surface area contributed by atoms with Gasteiger partial charge in [-0.1, -0.05) is 19.9 Å². The van der Waals surface area contributed by atoms with Gasteiger partial charge >= 0.3 is 0 Å². The lowest BCUT2D eigenvalue weighted by atomic mass is 9.94. The highest BCUT2D eigenvalue weighted by molar-refractivity contribution is 4.93. The lowest BCUT2D eigenvalue weighted by molar-refractivity contribution is 0.0386. The van der Waals surface area contributed by atoms with Crippen LogP contribution in [0.2, 0.25) is 0 Å². The standard InChI is InChI=1S/C14H24N2O2/c1-12(2)10-14(3,18)11-15-7-9-16-8-5-4-6-13(16)17/h4-6,8,12,15,18H,7,9-11H2,1-3H3. The average molecular weight is 252 g/mol. The van der Waals surface area contributed by atoms with Crippen LogP contribution in [-0.2, 0) is 6.54 Å². The van der Waals surface area contributed by atoms with Gasteiger partial charge in [0.2, 0.25) is 0 Å². The first-order valence-electron chi connectivity index (χ1n) is 6.49. The summed E-state index contributed by atoms with van der Waals surface area (Å²) in [5.74, 6) is 0.471. The molecular weight excluding hydrogens is 228 g/mol. The quantitative estimate of drug-likeness (QED) is 0.718. The molecule has 4 heteroatoms. The van der Waals surface area contributed by atoms with Crippen LogP contribution in [0, 0.1) is 5.92 Å². The zero-order valence-electron chi connectivity index (χ0n) is 11.5. The van der Waals surface area contributed by atoms with Gasteiger partial charge in [-0.25, -0.2) is 0 Å². The van der Waals surface area contributed by atoms with Crippen molar-refractivity contribution in [2.24, 2.45) is 5.92 Å². The molecule has 0 aliphatic rings. The summed E-state index contributed by atoms with van der Waals surface area (Å²) in [6.07, 6.45) is 2.54. The van der Waals surface area contributed by atoms with Crippen molar-refractivity contribution in [3.05, 3.63) is 34.7 Å². The Morgan fingerprint density at radius 1 is 1.44 bits per heavy atom. The maximum absolute atomic E-state index is 11.4. The molecule has 0 saturated carbocycles. The molecule has 102 valence electrons. The third-order valence-electron chi connectivity index (χ3n) is 2.78. The third kappa shape index (κ3) is 5.47. The van der Waals surface area contributed by atoms with Crippen molar-refractivity contribution < 1.29 is 5.11 Å². The molecule has 0 bridgehead atoms. The fourth-order valence-corrected chi connectivity index (χ4v) is 2.15. The summed E-state index contributed by atoms with van der Waals surface area (Å²) in [5, 5.41) is 13.3. The van der Waals surface area contributed by atoms with Gasteiger partial charge in [0.05, 0.1) is 5.60 Å². The van der Waals surface area contributed by atoms with Crippen LogP contribution >= 0.6 is 0 Å². The number of hydrogen-bond acceptors (Lipinski definition) is 3. The van der Waals surface area contributed by atoms with Gasteiger partial charge in [0.25, 0.3) is 5.56 Å². The zero-order valence-corrected chi connectivity index (χ0v) is 11.5. The van der Waals surface area contributed by atoms with Crippen LogP contribution in [0.25, 0.3) is 0 Å².